The number of fused-ring (bicyclic) bond motifs is 2. The van der Waals surface area contributed by atoms with Crippen LogP contribution in [0.1, 0.15) is 48.1 Å². The number of para-hydroxylation sites is 1. The molecule has 2 N–H and O–H groups in total. The molecule has 2 aliphatic rings. The Morgan fingerprint density at radius 1 is 1.25 bits per heavy atom. The van der Waals surface area contributed by atoms with Crippen LogP contribution < -0.4 is 10.1 Å². The molecule has 0 bridgehead atoms. The first-order valence-electron chi connectivity index (χ1n) is 10.9. The van der Waals surface area contributed by atoms with Crippen molar-refractivity contribution in [1.29, 1.82) is 0 Å². The van der Waals surface area contributed by atoms with Gasteiger partial charge in [0, 0.05) is 55.7 Å². The van der Waals surface area contributed by atoms with E-state index in [2.05, 4.69) is 20.5 Å². The Kier molecular flexibility index (Phi) is 5.16. The van der Waals surface area contributed by atoms with E-state index >= 15 is 0 Å². The Balaban J connectivity index is 1.38. The molecule has 1 spiro atoms. The van der Waals surface area contributed by atoms with Crippen LogP contribution in [0.15, 0.2) is 42.9 Å². The van der Waals surface area contributed by atoms with Crippen LogP contribution in [0, 0.1) is 0 Å². The summed E-state index contributed by atoms with van der Waals surface area (Å²) in [5.74, 6) is 0.555. The summed E-state index contributed by atoms with van der Waals surface area (Å²) in [6, 6.07) is 7.57. The van der Waals surface area contributed by atoms with Crippen LogP contribution in [0.3, 0.4) is 0 Å². The van der Waals surface area contributed by atoms with Gasteiger partial charge in [-0.15, -0.1) is 0 Å². The maximum absolute atomic E-state index is 13.2. The fourth-order valence-corrected chi connectivity index (χ4v) is 4.64. The molecule has 1 saturated heterocycles. The molecule has 9 heteroatoms. The second-order valence-electron chi connectivity index (χ2n) is 8.26. The minimum atomic E-state index is -0.451. The zero-order valence-electron chi connectivity index (χ0n) is 17.8. The van der Waals surface area contributed by atoms with Gasteiger partial charge in [-0.05, 0) is 13.0 Å². The number of carbonyl (C=O) groups is 2. The van der Waals surface area contributed by atoms with Crippen LogP contribution >= 0.6 is 0 Å². The zero-order chi connectivity index (χ0) is 22.1. The molecule has 0 aliphatic carbocycles. The Morgan fingerprint density at radius 3 is 2.88 bits per heavy atom. The van der Waals surface area contributed by atoms with Gasteiger partial charge in [0.2, 0.25) is 0 Å². The Labute approximate surface area is 185 Å². The van der Waals surface area contributed by atoms with Gasteiger partial charge in [-0.25, -0.2) is 4.79 Å². The Morgan fingerprint density at radius 2 is 2.06 bits per heavy atom. The number of piperidine rings is 1. The largest absolute Gasteiger partial charge is 0.487 e. The number of benzene rings is 1. The highest BCUT2D eigenvalue weighted by Gasteiger charge is 2.44. The first-order valence-corrected chi connectivity index (χ1v) is 10.9. The summed E-state index contributed by atoms with van der Waals surface area (Å²) in [4.78, 5) is 31.2. The first kappa shape index (κ1) is 20.3. The molecular weight excluding hydrogens is 410 g/mol. The van der Waals surface area contributed by atoms with Crippen molar-refractivity contribution in [2.24, 2.45) is 0 Å². The van der Waals surface area contributed by atoms with Crippen LogP contribution in [0.4, 0.5) is 4.79 Å². The van der Waals surface area contributed by atoms with Crippen molar-refractivity contribution in [2.75, 3.05) is 19.7 Å². The smallest absolute Gasteiger partial charge is 0.409 e. The number of rotatable bonds is 3. The molecular formula is C23H25N5O4. The van der Waals surface area contributed by atoms with Crippen molar-refractivity contribution in [2.45, 2.75) is 37.8 Å². The molecule has 1 atom stereocenters. The van der Waals surface area contributed by atoms with Crippen molar-refractivity contribution in [3.63, 3.8) is 0 Å². The lowest BCUT2D eigenvalue weighted by molar-refractivity contribution is -0.0233. The maximum atomic E-state index is 13.2. The normalized spacial score (nSPS) is 19.3. The van der Waals surface area contributed by atoms with E-state index in [-0.39, 0.29) is 18.0 Å². The second-order valence-corrected chi connectivity index (χ2v) is 8.26. The van der Waals surface area contributed by atoms with Crippen LogP contribution in [0.2, 0.25) is 0 Å². The molecule has 1 aromatic carbocycles. The minimum absolute atomic E-state index is 0.215. The van der Waals surface area contributed by atoms with E-state index in [9.17, 15) is 9.59 Å². The number of hydrogen-bond acceptors (Lipinski definition) is 6. The molecule has 2 amide bonds. The lowest BCUT2D eigenvalue weighted by atomic mass is 9.80. The summed E-state index contributed by atoms with van der Waals surface area (Å²) in [7, 11) is 0. The van der Waals surface area contributed by atoms with Gasteiger partial charge in [0.1, 0.15) is 11.4 Å². The van der Waals surface area contributed by atoms with Gasteiger partial charge < -0.3 is 19.7 Å². The van der Waals surface area contributed by atoms with Gasteiger partial charge in [-0.3, -0.25) is 14.9 Å². The van der Waals surface area contributed by atoms with E-state index in [0.717, 1.165) is 16.7 Å². The summed E-state index contributed by atoms with van der Waals surface area (Å²) in [6.45, 7) is 3.27. The molecule has 1 unspecified atom stereocenters. The van der Waals surface area contributed by atoms with E-state index in [0.29, 0.717) is 50.0 Å². The number of aromatic amines is 1. The molecule has 9 nitrogen and oxygen atoms in total. The SMILES string of the molecule is CCOC(=O)N1CCC2(CC1)CC(NC(=O)c1cncc3cn[nH]c13)c1ccccc1O2. The van der Waals surface area contributed by atoms with E-state index in [1.165, 1.54) is 0 Å². The summed E-state index contributed by atoms with van der Waals surface area (Å²) in [6.07, 6.45) is 6.55. The summed E-state index contributed by atoms with van der Waals surface area (Å²) in [5.41, 5.74) is 1.61. The number of pyridine rings is 1. The Bertz CT molecular complexity index is 1150. The standard InChI is InChI=1S/C23H25N5O4/c1-2-31-22(30)28-9-7-23(8-10-28)11-18(16-5-3-4-6-19(16)32-23)26-21(29)17-14-24-12-15-13-25-27-20(15)17/h3-6,12-14,18H,2,7-11H2,1H3,(H,25,27)(H,26,29). The number of nitrogens with zero attached hydrogens (tertiary/aromatic N) is 3. The molecule has 3 aromatic rings. The van der Waals surface area contributed by atoms with Crippen molar-refractivity contribution >= 4 is 22.9 Å². The number of amides is 2. The van der Waals surface area contributed by atoms with Gasteiger partial charge in [-0.1, -0.05) is 18.2 Å². The number of hydrogen-bond donors (Lipinski definition) is 2. The van der Waals surface area contributed by atoms with Gasteiger partial charge in [0.25, 0.3) is 5.91 Å². The molecule has 1 fully saturated rings. The Hall–Kier alpha value is -3.62. The lowest BCUT2D eigenvalue weighted by Gasteiger charge is -2.46. The molecule has 2 aliphatic heterocycles. The summed E-state index contributed by atoms with van der Waals surface area (Å²) in [5, 5.41) is 10.9. The van der Waals surface area contributed by atoms with Gasteiger partial charge in [-0.2, -0.15) is 5.10 Å². The highest BCUT2D eigenvalue weighted by atomic mass is 16.6. The number of aromatic nitrogens is 3. The van der Waals surface area contributed by atoms with E-state index in [1.807, 2.05) is 24.3 Å². The highest BCUT2D eigenvalue weighted by molar-refractivity contribution is 6.05. The fraction of sp³-hybridized carbons (Fsp3) is 0.391. The zero-order valence-corrected chi connectivity index (χ0v) is 17.8. The predicted molar refractivity (Wildman–Crippen MR) is 116 cm³/mol. The third-order valence-electron chi connectivity index (χ3n) is 6.30. The average molecular weight is 435 g/mol. The van der Waals surface area contributed by atoms with E-state index < -0.39 is 5.60 Å². The van der Waals surface area contributed by atoms with Gasteiger partial charge in [0.15, 0.2) is 0 Å². The molecule has 32 heavy (non-hydrogen) atoms. The van der Waals surface area contributed by atoms with Crippen molar-refractivity contribution in [1.82, 2.24) is 25.4 Å². The molecule has 0 radical (unpaired) electrons. The number of H-pyrrole nitrogens is 1. The molecule has 4 heterocycles. The summed E-state index contributed by atoms with van der Waals surface area (Å²) >= 11 is 0. The van der Waals surface area contributed by atoms with Crippen LogP contribution in [-0.2, 0) is 4.74 Å². The molecule has 2 aromatic heterocycles. The number of ether oxygens (including phenoxy) is 2. The van der Waals surface area contributed by atoms with Crippen LogP contribution in [0.25, 0.3) is 10.9 Å². The third kappa shape index (κ3) is 3.63. The molecule has 166 valence electrons. The topological polar surface area (TPSA) is 109 Å². The monoisotopic (exact) mass is 435 g/mol. The second kappa shape index (κ2) is 8.14. The van der Waals surface area contributed by atoms with Crippen molar-refractivity contribution in [3.8, 4) is 5.75 Å². The van der Waals surface area contributed by atoms with E-state index in [1.54, 1.807) is 30.4 Å². The third-order valence-corrected chi connectivity index (χ3v) is 6.30. The first-order chi connectivity index (χ1) is 15.6. The minimum Gasteiger partial charge on any atom is -0.487 e. The highest BCUT2D eigenvalue weighted by Crippen LogP contribution is 2.44. The van der Waals surface area contributed by atoms with E-state index in [4.69, 9.17) is 9.47 Å². The van der Waals surface area contributed by atoms with Crippen molar-refractivity contribution < 1.29 is 19.1 Å². The number of likely N-dealkylation sites (tertiary alicyclic amines) is 1. The van der Waals surface area contributed by atoms with Crippen molar-refractivity contribution in [3.05, 3.63) is 54.0 Å². The van der Waals surface area contributed by atoms with Gasteiger partial charge in [0.05, 0.1) is 29.9 Å². The molecule has 0 saturated carbocycles. The fourth-order valence-electron chi connectivity index (χ4n) is 4.64. The lowest BCUT2D eigenvalue weighted by Crippen LogP contribution is -2.53. The number of nitrogens with one attached hydrogen (secondary N) is 2. The quantitative estimate of drug-likeness (QED) is 0.654. The average Bonchev–Trinajstić information content (AvgIpc) is 3.28. The molecule has 5 rings (SSSR count). The predicted octanol–water partition coefficient (Wildman–Crippen LogP) is 3.20. The van der Waals surface area contributed by atoms with Crippen LogP contribution in [0.5, 0.6) is 5.75 Å². The van der Waals surface area contributed by atoms with Gasteiger partial charge >= 0.3 is 6.09 Å². The number of carbonyl (C=O) groups excluding carboxylic acids is 2. The maximum Gasteiger partial charge on any atom is 0.409 e. The van der Waals surface area contributed by atoms with Crippen LogP contribution in [-0.4, -0.2) is 57.4 Å². The summed E-state index contributed by atoms with van der Waals surface area (Å²) < 4.78 is 11.6.